The van der Waals surface area contributed by atoms with E-state index in [1.807, 2.05) is 33.9 Å². The van der Waals surface area contributed by atoms with Gasteiger partial charge in [0.1, 0.15) is 0 Å². The van der Waals surface area contributed by atoms with Crippen molar-refractivity contribution >= 4 is 5.52 Å². The van der Waals surface area contributed by atoms with Crippen molar-refractivity contribution in [2.24, 2.45) is 0 Å². The molecule has 0 aliphatic heterocycles. The van der Waals surface area contributed by atoms with Crippen LogP contribution >= 0.6 is 0 Å². The first-order chi connectivity index (χ1) is 11.8. The van der Waals surface area contributed by atoms with Crippen molar-refractivity contribution in [3.63, 3.8) is 0 Å². The highest BCUT2D eigenvalue weighted by molar-refractivity contribution is 5.78. The minimum atomic E-state index is 0.377. The van der Waals surface area contributed by atoms with Crippen LogP contribution in [0.5, 0.6) is 0 Å². The molecule has 1 atom stereocenters. The number of nitrogens with zero attached hydrogens (tertiary/aromatic N) is 6. The zero-order valence-corrected chi connectivity index (χ0v) is 13.7. The Labute approximate surface area is 139 Å². The molecule has 24 heavy (non-hydrogen) atoms. The number of hydrogen-bond donors (Lipinski definition) is 1. The topological polar surface area (TPSA) is 76.7 Å². The number of fused-ring (bicyclic) bond motifs is 1. The maximum absolute atomic E-state index is 4.83. The van der Waals surface area contributed by atoms with E-state index in [-0.39, 0.29) is 0 Å². The lowest BCUT2D eigenvalue weighted by atomic mass is 10.2. The van der Waals surface area contributed by atoms with Gasteiger partial charge in [-0.3, -0.25) is 9.78 Å². The molecular weight excluding hydrogens is 302 g/mol. The van der Waals surface area contributed by atoms with E-state index in [9.17, 15) is 0 Å². The van der Waals surface area contributed by atoms with E-state index in [0.29, 0.717) is 6.04 Å². The van der Waals surface area contributed by atoms with Crippen LogP contribution in [-0.4, -0.2) is 34.6 Å². The second-order valence-electron chi connectivity index (χ2n) is 5.97. The summed E-state index contributed by atoms with van der Waals surface area (Å²) in [6, 6.07) is 2.34. The van der Waals surface area contributed by atoms with Crippen LogP contribution < -0.4 is 0 Å². The molecule has 0 amide bonds. The third kappa shape index (κ3) is 2.47. The second kappa shape index (κ2) is 5.92. The average Bonchev–Trinajstić information content (AvgIpc) is 3.33. The zero-order valence-electron chi connectivity index (χ0n) is 13.7. The SMILES string of the molecule is CCC[C@@H](C)n1cc(-c2nc(-c3cn[nH]c3)cn3nccc23)cn1. The molecule has 0 unspecified atom stereocenters. The third-order valence-corrected chi connectivity index (χ3v) is 4.22. The van der Waals surface area contributed by atoms with E-state index in [1.54, 1.807) is 12.4 Å². The number of aromatic nitrogens is 7. The van der Waals surface area contributed by atoms with Gasteiger partial charge in [-0.2, -0.15) is 15.3 Å². The minimum absolute atomic E-state index is 0.377. The Morgan fingerprint density at radius 3 is 2.88 bits per heavy atom. The molecule has 4 heterocycles. The summed E-state index contributed by atoms with van der Waals surface area (Å²) in [5.41, 5.74) is 4.59. The van der Waals surface area contributed by atoms with Gasteiger partial charge in [0.2, 0.25) is 0 Å². The number of rotatable bonds is 5. The van der Waals surface area contributed by atoms with E-state index >= 15 is 0 Å². The monoisotopic (exact) mass is 321 g/mol. The molecule has 0 bridgehead atoms. The predicted octanol–water partition coefficient (Wildman–Crippen LogP) is 3.34. The highest BCUT2D eigenvalue weighted by Gasteiger charge is 2.14. The summed E-state index contributed by atoms with van der Waals surface area (Å²) < 4.78 is 3.86. The summed E-state index contributed by atoms with van der Waals surface area (Å²) in [7, 11) is 0. The molecule has 0 aliphatic rings. The summed E-state index contributed by atoms with van der Waals surface area (Å²) >= 11 is 0. The van der Waals surface area contributed by atoms with E-state index in [4.69, 9.17) is 4.98 Å². The molecule has 0 aromatic carbocycles. The lowest BCUT2D eigenvalue weighted by molar-refractivity contribution is 0.455. The molecule has 0 spiro atoms. The molecule has 7 nitrogen and oxygen atoms in total. The van der Waals surface area contributed by atoms with Crippen molar-refractivity contribution in [2.45, 2.75) is 32.7 Å². The van der Waals surface area contributed by atoms with Crippen LogP contribution in [0, 0.1) is 0 Å². The second-order valence-corrected chi connectivity index (χ2v) is 5.97. The Balaban J connectivity index is 1.82. The largest absolute Gasteiger partial charge is 0.285 e. The lowest BCUT2D eigenvalue weighted by Gasteiger charge is -2.10. The van der Waals surface area contributed by atoms with Crippen molar-refractivity contribution in [1.82, 2.24) is 34.6 Å². The Hall–Kier alpha value is -2.96. The van der Waals surface area contributed by atoms with Gasteiger partial charge in [-0.15, -0.1) is 0 Å². The number of hydrogen-bond acceptors (Lipinski definition) is 4. The van der Waals surface area contributed by atoms with Crippen molar-refractivity contribution < 1.29 is 0 Å². The Kier molecular flexibility index (Phi) is 3.60. The van der Waals surface area contributed by atoms with E-state index in [2.05, 4.69) is 40.4 Å². The zero-order chi connectivity index (χ0) is 16.5. The number of aromatic amines is 1. The lowest BCUT2D eigenvalue weighted by Crippen LogP contribution is -2.04. The minimum Gasteiger partial charge on any atom is -0.285 e. The molecule has 122 valence electrons. The molecule has 7 heteroatoms. The van der Waals surface area contributed by atoms with Crippen LogP contribution in [0.1, 0.15) is 32.7 Å². The standard InChI is InChI=1S/C17H19N7/c1-3-4-12(2)23-10-14(9-21-23)17-16-5-6-20-24(16)11-15(22-17)13-7-18-19-8-13/h5-12H,3-4H2,1-2H3,(H,18,19)/t12-/m1/s1. The van der Waals surface area contributed by atoms with Gasteiger partial charge in [-0.05, 0) is 19.4 Å². The number of H-pyrrole nitrogens is 1. The van der Waals surface area contributed by atoms with E-state index in [1.165, 1.54) is 0 Å². The highest BCUT2D eigenvalue weighted by Crippen LogP contribution is 2.27. The predicted molar refractivity (Wildman–Crippen MR) is 91.4 cm³/mol. The van der Waals surface area contributed by atoms with Gasteiger partial charge in [0.25, 0.3) is 0 Å². The summed E-state index contributed by atoms with van der Waals surface area (Å²) in [5.74, 6) is 0. The van der Waals surface area contributed by atoms with Gasteiger partial charge in [0.05, 0.1) is 41.7 Å². The van der Waals surface area contributed by atoms with Crippen LogP contribution in [0.2, 0.25) is 0 Å². The fourth-order valence-corrected chi connectivity index (χ4v) is 2.92. The van der Waals surface area contributed by atoms with Crippen molar-refractivity contribution in [3.05, 3.63) is 43.2 Å². The molecule has 1 N–H and O–H groups in total. The maximum atomic E-state index is 4.83. The first kappa shape index (κ1) is 14.6. The summed E-state index contributed by atoms with van der Waals surface area (Å²) in [6.07, 6.45) is 13.5. The quantitative estimate of drug-likeness (QED) is 0.611. The van der Waals surface area contributed by atoms with Gasteiger partial charge in [0.15, 0.2) is 0 Å². The van der Waals surface area contributed by atoms with Gasteiger partial charge >= 0.3 is 0 Å². The normalized spacial score (nSPS) is 12.8. The van der Waals surface area contributed by atoms with E-state index < -0.39 is 0 Å². The summed E-state index contributed by atoms with van der Waals surface area (Å²) in [5, 5.41) is 15.7. The van der Waals surface area contributed by atoms with Crippen LogP contribution in [-0.2, 0) is 0 Å². The van der Waals surface area contributed by atoms with Crippen LogP contribution in [0.25, 0.3) is 28.0 Å². The van der Waals surface area contributed by atoms with Crippen molar-refractivity contribution in [3.8, 4) is 22.5 Å². The molecule has 0 aliphatic carbocycles. The molecular formula is C17H19N7. The average molecular weight is 321 g/mol. The molecule has 0 fully saturated rings. The first-order valence-corrected chi connectivity index (χ1v) is 8.14. The van der Waals surface area contributed by atoms with Gasteiger partial charge in [-0.25, -0.2) is 9.50 Å². The van der Waals surface area contributed by atoms with Gasteiger partial charge in [0, 0.05) is 29.6 Å². The van der Waals surface area contributed by atoms with Crippen molar-refractivity contribution in [2.75, 3.05) is 0 Å². The maximum Gasteiger partial charge on any atom is 0.0999 e. The Morgan fingerprint density at radius 1 is 1.17 bits per heavy atom. The molecule has 0 radical (unpaired) electrons. The number of nitrogens with one attached hydrogen (secondary N) is 1. The van der Waals surface area contributed by atoms with Crippen molar-refractivity contribution in [1.29, 1.82) is 0 Å². The fraction of sp³-hybridized carbons (Fsp3) is 0.294. The van der Waals surface area contributed by atoms with Gasteiger partial charge < -0.3 is 0 Å². The molecule has 4 aromatic heterocycles. The summed E-state index contributed by atoms with van der Waals surface area (Å²) in [6.45, 7) is 4.37. The molecule has 0 saturated heterocycles. The molecule has 4 rings (SSSR count). The van der Waals surface area contributed by atoms with E-state index in [0.717, 1.165) is 40.9 Å². The smallest absolute Gasteiger partial charge is 0.0999 e. The van der Waals surface area contributed by atoms with Crippen LogP contribution in [0.4, 0.5) is 0 Å². The van der Waals surface area contributed by atoms with Gasteiger partial charge in [-0.1, -0.05) is 13.3 Å². The van der Waals surface area contributed by atoms with Crippen LogP contribution in [0.3, 0.4) is 0 Å². The first-order valence-electron chi connectivity index (χ1n) is 8.14. The Bertz CT molecular complexity index is 949. The third-order valence-electron chi connectivity index (χ3n) is 4.22. The fourth-order valence-electron chi connectivity index (χ4n) is 2.92. The molecule has 4 aromatic rings. The highest BCUT2D eigenvalue weighted by atomic mass is 15.3. The molecule has 0 saturated carbocycles. The Morgan fingerprint density at radius 2 is 2.08 bits per heavy atom. The van der Waals surface area contributed by atoms with Crippen LogP contribution in [0.15, 0.2) is 43.2 Å². The summed E-state index contributed by atoms with van der Waals surface area (Å²) in [4.78, 5) is 4.83.